The first-order chi connectivity index (χ1) is 13.8. The Balaban J connectivity index is 1.42. The van der Waals surface area contributed by atoms with Crippen LogP contribution in [0.25, 0.3) is 5.65 Å². The normalized spacial score (nSPS) is 18.0. The van der Waals surface area contributed by atoms with Crippen molar-refractivity contribution in [3.8, 4) is 0 Å². The summed E-state index contributed by atoms with van der Waals surface area (Å²) in [4.78, 5) is 15.3. The average Bonchev–Trinajstić information content (AvgIpc) is 3.52. The van der Waals surface area contributed by atoms with Gasteiger partial charge >= 0.3 is 0 Å². The van der Waals surface area contributed by atoms with Crippen molar-refractivity contribution in [2.45, 2.75) is 31.3 Å². The van der Waals surface area contributed by atoms with Crippen LogP contribution in [0.4, 0.5) is 0 Å². The lowest BCUT2D eigenvalue weighted by Gasteiger charge is -2.26. The van der Waals surface area contributed by atoms with E-state index in [1.807, 2.05) is 58.2 Å². The summed E-state index contributed by atoms with van der Waals surface area (Å²) in [6.07, 6.45) is 8.39. The number of aromatic nitrogens is 4. The van der Waals surface area contributed by atoms with Crippen LogP contribution in [0, 0.1) is 0 Å². The van der Waals surface area contributed by atoms with Crippen molar-refractivity contribution < 1.29 is 4.79 Å². The van der Waals surface area contributed by atoms with Crippen LogP contribution in [0.5, 0.6) is 0 Å². The molecule has 5 heterocycles. The van der Waals surface area contributed by atoms with Crippen molar-refractivity contribution in [3.05, 3.63) is 77.1 Å². The molecule has 0 aliphatic carbocycles. The molecule has 0 unspecified atom stereocenters. The maximum absolute atomic E-state index is 13.3. The molecule has 6 nitrogen and oxygen atoms in total. The second-order valence-corrected chi connectivity index (χ2v) is 7.92. The summed E-state index contributed by atoms with van der Waals surface area (Å²) in [5.41, 5.74) is 2.00. The Bertz CT molecular complexity index is 1040. The van der Waals surface area contributed by atoms with Gasteiger partial charge in [0.05, 0.1) is 18.5 Å². The molecule has 0 bridgehead atoms. The molecular formula is C21H21N5OS. The summed E-state index contributed by atoms with van der Waals surface area (Å²) in [6.45, 7) is 0.771. The van der Waals surface area contributed by atoms with Gasteiger partial charge in [-0.15, -0.1) is 10.2 Å². The van der Waals surface area contributed by atoms with E-state index < -0.39 is 0 Å². The van der Waals surface area contributed by atoms with E-state index in [0.29, 0.717) is 6.42 Å². The van der Waals surface area contributed by atoms with Crippen LogP contribution in [-0.4, -0.2) is 36.5 Å². The van der Waals surface area contributed by atoms with Crippen molar-refractivity contribution in [1.29, 1.82) is 0 Å². The lowest BCUT2D eigenvalue weighted by Crippen LogP contribution is -2.33. The van der Waals surface area contributed by atoms with E-state index in [1.165, 1.54) is 5.56 Å². The molecule has 142 valence electrons. The SMILES string of the molecule is O=C(C[C@@H](c1ccsc1)n1cccc1)N1CCC[C@H]1c1nnc2ccccn12. The van der Waals surface area contributed by atoms with Gasteiger partial charge in [0.2, 0.25) is 5.91 Å². The number of amides is 1. The molecule has 28 heavy (non-hydrogen) atoms. The Hall–Kier alpha value is -2.93. The molecule has 2 atom stereocenters. The fourth-order valence-electron chi connectivity index (χ4n) is 4.12. The Morgan fingerprint density at radius 3 is 2.82 bits per heavy atom. The van der Waals surface area contributed by atoms with Crippen LogP contribution in [0.2, 0.25) is 0 Å². The molecule has 5 rings (SSSR count). The first-order valence-electron chi connectivity index (χ1n) is 9.55. The second kappa shape index (κ2) is 7.24. The number of carbonyl (C=O) groups is 1. The molecule has 1 amide bonds. The van der Waals surface area contributed by atoms with Crippen molar-refractivity contribution in [3.63, 3.8) is 0 Å². The fourth-order valence-corrected chi connectivity index (χ4v) is 4.83. The minimum Gasteiger partial charge on any atom is -0.346 e. The first kappa shape index (κ1) is 17.2. The molecule has 1 aliphatic heterocycles. The minimum atomic E-state index is -0.0160. The van der Waals surface area contributed by atoms with Gasteiger partial charge in [-0.2, -0.15) is 11.3 Å². The molecule has 0 aromatic carbocycles. The van der Waals surface area contributed by atoms with E-state index >= 15 is 0 Å². The Kier molecular flexibility index (Phi) is 4.44. The molecule has 4 aromatic rings. The topological polar surface area (TPSA) is 55.4 Å². The third kappa shape index (κ3) is 3.01. The van der Waals surface area contributed by atoms with Crippen molar-refractivity contribution in [2.75, 3.05) is 6.54 Å². The fraction of sp³-hybridized carbons (Fsp3) is 0.286. The number of likely N-dealkylation sites (tertiary alicyclic amines) is 1. The molecule has 0 saturated carbocycles. The monoisotopic (exact) mass is 391 g/mol. The third-order valence-electron chi connectivity index (χ3n) is 5.49. The van der Waals surface area contributed by atoms with Crippen LogP contribution in [-0.2, 0) is 4.79 Å². The van der Waals surface area contributed by atoms with Crippen molar-refractivity contribution >= 4 is 22.9 Å². The average molecular weight is 392 g/mol. The van der Waals surface area contributed by atoms with E-state index in [2.05, 4.69) is 31.6 Å². The van der Waals surface area contributed by atoms with Gasteiger partial charge < -0.3 is 9.47 Å². The predicted molar refractivity (Wildman–Crippen MR) is 108 cm³/mol. The second-order valence-electron chi connectivity index (χ2n) is 7.14. The number of hydrogen-bond donors (Lipinski definition) is 0. The highest BCUT2D eigenvalue weighted by Crippen LogP contribution is 2.34. The van der Waals surface area contributed by atoms with Crippen LogP contribution in [0.15, 0.2) is 65.7 Å². The summed E-state index contributed by atoms with van der Waals surface area (Å²) in [5, 5.41) is 12.9. The summed E-state index contributed by atoms with van der Waals surface area (Å²) in [7, 11) is 0. The molecule has 0 N–H and O–H groups in total. The molecule has 7 heteroatoms. The zero-order chi connectivity index (χ0) is 18.9. The summed E-state index contributed by atoms with van der Waals surface area (Å²) in [6, 6.07) is 12.0. The highest BCUT2D eigenvalue weighted by atomic mass is 32.1. The number of hydrogen-bond acceptors (Lipinski definition) is 4. The zero-order valence-electron chi connectivity index (χ0n) is 15.4. The zero-order valence-corrected chi connectivity index (χ0v) is 16.2. The number of pyridine rings is 1. The van der Waals surface area contributed by atoms with Gasteiger partial charge in [0, 0.05) is 25.1 Å². The number of rotatable bonds is 5. The lowest BCUT2D eigenvalue weighted by molar-refractivity contribution is -0.132. The van der Waals surface area contributed by atoms with E-state index in [-0.39, 0.29) is 18.0 Å². The van der Waals surface area contributed by atoms with Gasteiger partial charge in [-0.1, -0.05) is 6.07 Å². The number of nitrogens with zero attached hydrogens (tertiary/aromatic N) is 5. The van der Waals surface area contributed by atoms with Gasteiger partial charge in [0.15, 0.2) is 11.5 Å². The summed E-state index contributed by atoms with van der Waals surface area (Å²) >= 11 is 1.66. The van der Waals surface area contributed by atoms with Crippen LogP contribution < -0.4 is 0 Å². The smallest absolute Gasteiger partial charge is 0.225 e. The Morgan fingerprint density at radius 2 is 2.00 bits per heavy atom. The maximum Gasteiger partial charge on any atom is 0.225 e. The molecule has 0 radical (unpaired) electrons. The van der Waals surface area contributed by atoms with Gasteiger partial charge in [-0.3, -0.25) is 9.20 Å². The quantitative estimate of drug-likeness (QED) is 0.518. The molecule has 4 aromatic heterocycles. The third-order valence-corrected chi connectivity index (χ3v) is 6.20. The van der Waals surface area contributed by atoms with Gasteiger partial charge in [-0.25, -0.2) is 0 Å². The minimum absolute atomic E-state index is 0.0160. The Morgan fingerprint density at radius 1 is 1.14 bits per heavy atom. The van der Waals surface area contributed by atoms with Crippen LogP contribution >= 0.6 is 11.3 Å². The Labute approximate surface area is 167 Å². The molecule has 1 aliphatic rings. The largest absolute Gasteiger partial charge is 0.346 e. The first-order valence-corrected chi connectivity index (χ1v) is 10.5. The number of carbonyl (C=O) groups excluding carboxylic acids is 1. The summed E-state index contributed by atoms with van der Waals surface area (Å²) in [5.74, 6) is 1.02. The number of fused-ring (bicyclic) bond motifs is 1. The molecule has 0 spiro atoms. The van der Waals surface area contributed by atoms with Crippen LogP contribution in [0.1, 0.15) is 42.7 Å². The highest BCUT2D eigenvalue weighted by molar-refractivity contribution is 7.08. The van der Waals surface area contributed by atoms with E-state index in [4.69, 9.17) is 0 Å². The van der Waals surface area contributed by atoms with E-state index in [9.17, 15) is 4.79 Å². The van der Waals surface area contributed by atoms with Crippen molar-refractivity contribution in [2.24, 2.45) is 0 Å². The number of thiophene rings is 1. The van der Waals surface area contributed by atoms with Gasteiger partial charge in [0.25, 0.3) is 0 Å². The van der Waals surface area contributed by atoms with Crippen LogP contribution in [0.3, 0.4) is 0 Å². The molecule has 1 saturated heterocycles. The highest BCUT2D eigenvalue weighted by Gasteiger charge is 2.34. The van der Waals surface area contributed by atoms with E-state index in [1.54, 1.807) is 11.3 Å². The van der Waals surface area contributed by atoms with Gasteiger partial charge in [0.1, 0.15) is 0 Å². The van der Waals surface area contributed by atoms with Crippen molar-refractivity contribution in [1.82, 2.24) is 24.1 Å². The van der Waals surface area contributed by atoms with Gasteiger partial charge in [-0.05, 0) is 59.5 Å². The lowest BCUT2D eigenvalue weighted by atomic mass is 10.1. The molecular weight excluding hydrogens is 370 g/mol. The summed E-state index contributed by atoms with van der Waals surface area (Å²) < 4.78 is 4.12. The predicted octanol–water partition coefficient (Wildman–Crippen LogP) is 3.94. The standard InChI is InChI=1S/C21H21N5OS/c27-20(14-18(16-8-13-28-15-16)24-9-3-4-10-24)25-12-5-6-17(25)21-23-22-19-7-1-2-11-26(19)21/h1-4,7-11,13,15,17-18H,5-6,12,14H2/t17-,18-/m0/s1. The maximum atomic E-state index is 13.3. The molecule has 1 fully saturated rings. The van der Waals surface area contributed by atoms with E-state index in [0.717, 1.165) is 30.9 Å².